The van der Waals surface area contributed by atoms with Crippen molar-refractivity contribution >= 4 is 23.6 Å². The van der Waals surface area contributed by atoms with Crippen molar-refractivity contribution in [1.29, 1.82) is 0 Å². The molecule has 146 valence electrons. The number of nitrogens with one attached hydrogen (secondary N) is 4. The fourth-order valence-electron chi connectivity index (χ4n) is 3.70. The first-order valence-corrected chi connectivity index (χ1v) is 8.87. The quantitative estimate of drug-likeness (QED) is 0.638. The van der Waals surface area contributed by atoms with E-state index in [2.05, 4.69) is 21.3 Å². The Hall–Kier alpha value is -3.42. The van der Waals surface area contributed by atoms with Crippen molar-refractivity contribution in [2.45, 2.75) is 39.8 Å². The second-order valence-corrected chi connectivity index (χ2v) is 6.92. The Balaban J connectivity index is 1.97. The van der Waals surface area contributed by atoms with Gasteiger partial charge in [0.05, 0.1) is 12.1 Å². The van der Waals surface area contributed by atoms with Gasteiger partial charge in [0.15, 0.2) is 11.6 Å². The van der Waals surface area contributed by atoms with Gasteiger partial charge in [-0.2, -0.15) is 0 Å². The van der Waals surface area contributed by atoms with Crippen LogP contribution in [0.15, 0.2) is 46.8 Å². The highest BCUT2D eigenvalue weighted by atomic mass is 16.2. The number of benzene rings is 1. The maximum Gasteiger partial charge on any atom is 0.319 e. The SMILES string of the molecule is CC(=O)C1=C(C)NC(=O)N[C@H]1c1ccc([C@H]2NC(=O)NC(C)=C2C(C)=O)cc1. The van der Waals surface area contributed by atoms with Crippen LogP contribution in [0.5, 0.6) is 0 Å². The van der Waals surface area contributed by atoms with E-state index in [-0.39, 0.29) is 23.6 Å². The molecule has 28 heavy (non-hydrogen) atoms. The van der Waals surface area contributed by atoms with E-state index in [9.17, 15) is 19.2 Å². The van der Waals surface area contributed by atoms with Gasteiger partial charge in [-0.15, -0.1) is 0 Å². The summed E-state index contributed by atoms with van der Waals surface area (Å²) in [6.45, 7) is 6.29. The van der Waals surface area contributed by atoms with E-state index in [1.807, 2.05) is 0 Å². The first-order chi connectivity index (χ1) is 13.2. The van der Waals surface area contributed by atoms with Gasteiger partial charge < -0.3 is 21.3 Å². The fourth-order valence-corrected chi connectivity index (χ4v) is 3.70. The van der Waals surface area contributed by atoms with Gasteiger partial charge in [0.2, 0.25) is 0 Å². The third-order valence-corrected chi connectivity index (χ3v) is 4.90. The van der Waals surface area contributed by atoms with Crippen LogP contribution >= 0.6 is 0 Å². The summed E-state index contributed by atoms with van der Waals surface area (Å²) in [5.74, 6) is -0.274. The topological polar surface area (TPSA) is 116 Å². The summed E-state index contributed by atoms with van der Waals surface area (Å²) in [6, 6.07) is 5.25. The number of amides is 4. The lowest BCUT2D eigenvalue weighted by atomic mass is 9.89. The molecule has 0 saturated carbocycles. The first kappa shape index (κ1) is 19.3. The Kier molecular flexibility index (Phi) is 5.04. The molecule has 8 nitrogen and oxygen atoms in total. The van der Waals surface area contributed by atoms with Crippen LogP contribution in [0.25, 0.3) is 0 Å². The van der Waals surface area contributed by atoms with Gasteiger partial charge in [-0.1, -0.05) is 24.3 Å². The first-order valence-electron chi connectivity index (χ1n) is 8.87. The molecule has 4 amide bonds. The normalized spacial score (nSPS) is 22.1. The largest absolute Gasteiger partial charge is 0.327 e. The van der Waals surface area contributed by atoms with E-state index in [0.29, 0.717) is 22.5 Å². The molecule has 2 heterocycles. The molecule has 2 atom stereocenters. The zero-order chi connectivity index (χ0) is 20.6. The molecule has 8 heteroatoms. The average molecular weight is 382 g/mol. The molecule has 1 aromatic rings. The minimum absolute atomic E-state index is 0.137. The van der Waals surface area contributed by atoms with Gasteiger partial charge in [-0.05, 0) is 38.8 Å². The van der Waals surface area contributed by atoms with Crippen LogP contribution in [0.2, 0.25) is 0 Å². The number of rotatable bonds is 4. The molecule has 0 radical (unpaired) electrons. The van der Waals surface area contributed by atoms with Gasteiger partial charge in [-0.3, -0.25) is 9.59 Å². The Labute approximate surface area is 162 Å². The van der Waals surface area contributed by atoms with E-state index in [4.69, 9.17) is 0 Å². The number of carbonyl (C=O) groups excluding carboxylic acids is 4. The molecular formula is C20H22N4O4. The number of carbonyl (C=O) groups is 4. The minimum Gasteiger partial charge on any atom is -0.327 e. The lowest BCUT2D eigenvalue weighted by Crippen LogP contribution is -2.45. The van der Waals surface area contributed by atoms with E-state index in [1.54, 1.807) is 38.1 Å². The van der Waals surface area contributed by atoms with E-state index in [1.165, 1.54) is 13.8 Å². The highest BCUT2D eigenvalue weighted by Crippen LogP contribution is 2.31. The molecule has 2 aliphatic rings. The van der Waals surface area contributed by atoms with Crippen LogP contribution in [-0.2, 0) is 9.59 Å². The Morgan fingerprint density at radius 2 is 1.04 bits per heavy atom. The van der Waals surface area contributed by atoms with Crippen LogP contribution in [-0.4, -0.2) is 23.6 Å². The Morgan fingerprint density at radius 1 is 0.714 bits per heavy atom. The van der Waals surface area contributed by atoms with Gasteiger partial charge in [0.25, 0.3) is 0 Å². The molecule has 3 rings (SSSR count). The van der Waals surface area contributed by atoms with Crippen LogP contribution < -0.4 is 21.3 Å². The van der Waals surface area contributed by atoms with Crippen molar-refractivity contribution in [2.75, 3.05) is 0 Å². The highest BCUT2D eigenvalue weighted by molar-refractivity contribution is 5.99. The Morgan fingerprint density at radius 3 is 1.32 bits per heavy atom. The summed E-state index contributed by atoms with van der Waals surface area (Å²) in [4.78, 5) is 47.8. The zero-order valence-corrected chi connectivity index (χ0v) is 16.1. The smallest absolute Gasteiger partial charge is 0.319 e. The standard InChI is InChI=1S/C20H22N4O4/c1-9-15(11(3)25)17(23-19(27)21-9)13-5-7-14(8-6-13)18-16(12(4)26)10(2)22-20(28)24-18/h5-8,17-18H,1-4H3,(H2,21,23,27)(H2,22,24,28)/t17-,18+. The number of hydrogen-bond donors (Lipinski definition) is 4. The molecule has 0 saturated heterocycles. The maximum atomic E-state index is 12.1. The summed E-state index contributed by atoms with van der Waals surface area (Å²) >= 11 is 0. The summed E-state index contributed by atoms with van der Waals surface area (Å²) < 4.78 is 0. The van der Waals surface area contributed by atoms with Gasteiger partial charge in [-0.25, -0.2) is 9.59 Å². The summed E-state index contributed by atoms with van der Waals surface area (Å²) in [7, 11) is 0. The molecular weight excluding hydrogens is 360 g/mol. The zero-order valence-electron chi connectivity index (χ0n) is 16.1. The summed E-state index contributed by atoms with van der Waals surface area (Å²) in [5.41, 5.74) is 3.48. The van der Waals surface area contributed by atoms with Crippen molar-refractivity contribution < 1.29 is 19.2 Å². The summed E-state index contributed by atoms with van der Waals surface area (Å²) in [6.07, 6.45) is 0. The third kappa shape index (κ3) is 3.53. The molecule has 0 fully saturated rings. The molecule has 0 spiro atoms. The number of ketones is 2. The predicted octanol–water partition coefficient (Wildman–Crippen LogP) is 2.12. The third-order valence-electron chi connectivity index (χ3n) is 4.90. The number of allylic oxidation sites excluding steroid dienone is 2. The molecule has 0 aromatic heterocycles. The van der Waals surface area contributed by atoms with Crippen LogP contribution in [0.4, 0.5) is 9.59 Å². The van der Waals surface area contributed by atoms with Gasteiger partial charge in [0.1, 0.15) is 0 Å². The fraction of sp³-hybridized carbons (Fsp3) is 0.300. The lowest BCUT2D eigenvalue weighted by Gasteiger charge is -2.30. The van der Waals surface area contributed by atoms with Crippen LogP contribution in [0, 0.1) is 0 Å². The molecule has 0 unspecified atom stereocenters. The van der Waals surface area contributed by atoms with Crippen molar-refractivity contribution in [1.82, 2.24) is 21.3 Å². The van der Waals surface area contributed by atoms with Gasteiger partial charge >= 0.3 is 12.1 Å². The maximum absolute atomic E-state index is 12.1. The van der Waals surface area contributed by atoms with Crippen molar-refractivity contribution in [3.63, 3.8) is 0 Å². The van der Waals surface area contributed by atoms with Crippen molar-refractivity contribution in [3.8, 4) is 0 Å². The minimum atomic E-state index is -0.563. The number of Topliss-reactive ketones (excluding diaryl/α,β-unsaturated/α-hetero) is 2. The molecule has 0 bridgehead atoms. The molecule has 1 aromatic carbocycles. The monoisotopic (exact) mass is 382 g/mol. The molecule has 0 aliphatic carbocycles. The summed E-state index contributed by atoms with van der Waals surface area (Å²) in [5, 5.41) is 10.7. The van der Waals surface area contributed by atoms with E-state index >= 15 is 0 Å². The average Bonchev–Trinajstić information content (AvgIpc) is 2.59. The number of hydrogen-bond acceptors (Lipinski definition) is 4. The second kappa shape index (κ2) is 7.30. The van der Waals surface area contributed by atoms with Crippen molar-refractivity contribution in [3.05, 3.63) is 57.9 Å². The molecule has 4 N–H and O–H groups in total. The van der Waals surface area contributed by atoms with Crippen molar-refractivity contribution in [2.24, 2.45) is 0 Å². The van der Waals surface area contributed by atoms with Crippen LogP contribution in [0.1, 0.15) is 50.9 Å². The van der Waals surface area contributed by atoms with E-state index in [0.717, 1.165) is 11.1 Å². The Bertz CT molecular complexity index is 866. The molecule has 2 aliphatic heterocycles. The van der Waals surface area contributed by atoms with Gasteiger partial charge in [0, 0.05) is 22.5 Å². The highest BCUT2D eigenvalue weighted by Gasteiger charge is 2.31. The van der Waals surface area contributed by atoms with Crippen LogP contribution in [0.3, 0.4) is 0 Å². The second-order valence-electron chi connectivity index (χ2n) is 6.92. The predicted molar refractivity (Wildman–Crippen MR) is 102 cm³/mol. The van der Waals surface area contributed by atoms with E-state index < -0.39 is 12.1 Å². The lowest BCUT2D eigenvalue weighted by molar-refractivity contribution is -0.114. The number of urea groups is 2.